The van der Waals surface area contributed by atoms with E-state index >= 15 is 0 Å². The van der Waals surface area contributed by atoms with E-state index in [-0.39, 0.29) is 22.3 Å². The van der Waals surface area contributed by atoms with E-state index < -0.39 is 75.5 Å². The molecule has 1 aromatic heterocycles. The Balaban J connectivity index is 1.80. The molecule has 0 unspecified atom stereocenters. The van der Waals surface area contributed by atoms with Gasteiger partial charge in [0.25, 0.3) is 5.91 Å². The molecular formula is C27H25N3O8. The number of ketones is 2. The van der Waals surface area contributed by atoms with Crippen LogP contribution in [0.5, 0.6) is 5.75 Å². The summed E-state index contributed by atoms with van der Waals surface area (Å²) in [5, 5.41) is 56.7. The maximum atomic E-state index is 14.0. The number of fused-ring (bicyclic) bond motifs is 3. The third kappa shape index (κ3) is 3.06. The lowest BCUT2D eigenvalue weighted by atomic mass is 9.55. The molecule has 3 aliphatic rings. The number of phenols is 1. The molecule has 7 N–H and O–H groups in total. The largest absolute Gasteiger partial charge is 0.508 e. The van der Waals surface area contributed by atoms with Crippen molar-refractivity contribution < 1.29 is 39.9 Å². The van der Waals surface area contributed by atoms with Crippen LogP contribution in [-0.4, -0.2) is 84.7 Å². The summed E-state index contributed by atoms with van der Waals surface area (Å²) in [5.74, 6) is -9.05. The van der Waals surface area contributed by atoms with Crippen LogP contribution in [0, 0.1) is 11.8 Å². The number of benzene rings is 1. The molecule has 1 amide bonds. The highest BCUT2D eigenvalue weighted by atomic mass is 16.4. The predicted molar refractivity (Wildman–Crippen MR) is 134 cm³/mol. The highest BCUT2D eigenvalue weighted by molar-refractivity contribution is 6.25. The van der Waals surface area contributed by atoms with Gasteiger partial charge in [-0.2, -0.15) is 0 Å². The SMILES string of the molecule is C=C1c2ccc(-c3ccccn3)c(O)c2C(O)=C2C(=O)[C@]3(O)C(O)=C(C(N)=O)C(=O)[C@@H](N(C)C)[C@@H]3[C@@H](O)[C@H]12. The van der Waals surface area contributed by atoms with Gasteiger partial charge in [-0.25, -0.2) is 0 Å². The molecule has 5 atom stereocenters. The number of phenolic OH excluding ortho intramolecular Hbond substituents is 1. The molecule has 11 heteroatoms. The molecule has 5 rings (SSSR count). The summed E-state index contributed by atoms with van der Waals surface area (Å²) in [5.41, 5.74) is 1.60. The molecule has 2 aromatic rings. The van der Waals surface area contributed by atoms with Gasteiger partial charge < -0.3 is 31.3 Å². The number of hydrogen-bond acceptors (Lipinski definition) is 10. The number of aromatic hydroxyl groups is 1. The van der Waals surface area contributed by atoms with Gasteiger partial charge in [-0.3, -0.25) is 24.3 Å². The number of primary amides is 1. The second kappa shape index (κ2) is 8.35. The average molecular weight is 520 g/mol. The maximum Gasteiger partial charge on any atom is 0.255 e. The fraction of sp³-hybridized carbons (Fsp3) is 0.259. The average Bonchev–Trinajstić information content (AvgIpc) is 2.86. The number of hydrogen-bond donors (Lipinski definition) is 6. The van der Waals surface area contributed by atoms with E-state index in [1.54, 1.807) is 30.3 Å². The number of amides is 1. The van der Waals surface area contributed by atoms with Crippen molar-refractivity contribution in [3.05, 3.63) is 71.1 Å². The summed E-state index contributed by atoms with van der Waals surface area (Å²) < 4.78 is 0. The van der Waals surface area contributed by atoms with Gasteiger partial charge in [-0.15, -0.1) is 0 Å². The number of carbonyl (C=O) groups excluding carboxylic acids is 3. The van der Waals surface area contributed by atoms with Gasteiger partial charge in [0.05, 0.1) is 34.9 Å². The molecule has 38 heavy (non-hydrogen) atoms. The van der Waals surface area contributed by atoms with Gasteiger partial charge in [-0.1, -0.05) is 18.7 Å². The van der Waals surface area contributed by atoms with Gasteiger partial charge in [0, 0.05) is 17.7 Å². The van der Waals surface area contributed by atoms with Gasteiger partial charge in [-0.05, 0) is 43.4 Å². The van der Waals surface area contributed by atoms with Crippen molar-refractivity contribution in [1.82, 2.24) is 9.88 Å². The molecule has 0 bridgehead atoms. The summed E-state index contributed by atoms with van der Waals surface area (Å²) in [7, 11) is 2.87. The number of nitrogens with two attached hydrogens (primary N) is 1. The molecule has 0 saturated heterocycles. The number of aliphatic hydroxyl groups excluding tert-OH is 3. The van der Waals surface area contributed by atoms with Crippen LogP contribution in [0.3, 0.4) is 0 Å². The van der Waals surface area contributed by atoms with E-state index in [0.29, 0.717) is 5.69 Å². The minimum Gasteiger partial charge on any atom is -0.508 e. The van der Waals surface area contributed by atoms with Crippen LogP contribution in [-0.2, 0) is 14.4 Å². The van der Waals surface area contributed by atoms with Crippen LogP contribution < -0.4 is 5.73 Å². The number of rotatable bonds is 3. The number of likely N-dealkylation sites (N-methyl/N-ethyl adjacent to an activating group) is 1. The zero-order valence-electron chi connectivity index (χ0n) is 20.4. The summed E-state index contributed by atoms with van der Waals surface area (Å²) in [6.45, 7) is 4.00. The van der Waals surface area contributed by atoms with Crippen LogP contribution >= 0.6 is 0 Å². The molecule has 196 valence electrons. The lowest BCUT2D eigenvalue weighted by Gasteiger charge is -2.52. The van der Waals surface area contributed by atoms with Crippen LogP contribution in [0.15, 0.2) is 60.0 Å². The van der Waals surface area contributed by atoms with Gasteiger partial charge >= 0.3 is 0 Å². The molecule has 0 aliphatic heterocycles. The zero-order chi connectivity index (χ0) is 27.8. The lowest BCUT2D eigenvalue weighted by molar-refractivity contribution is -0.166. The molecule has 1 aromatic carbocycles. The second-order valence-corrected chi connectivity index (χ2v) is 9.84. The van der Waals surface area contributed by atoms with Crippen molar-refractivity contribution >= 4 is 28.8 Å². The minimum atomic E-state index is -2.99. The molecular weight excluding hydrogens is 494 g/mol. The van der Waals surface area contributed by atoms with E-state index in [0.717, 1.165) is 0 Å². The van der Waals surface area contributed by atoms with Crippen LogP contribution in [0.4, 0.5) is 0 Å². The van der Waals surface area contributed by atoms with E-state index in [1.807, 2.05) is 0 Å². The Morgan fingerprint density at radius 2 is 1.76 bits per heavy atom. The van der Waals surface area contributed by atoms with Crippen molar-refractivity contribution in [1.29, 1.82) is 0 Å². The first-order valence-corrected chi connectivity index (χ1v) is 11.6. The lowest BCUT2D eigenvalue weighted by Crippen LogP contribution is -2.70. The smallest absolute Gasteiger partial charge is 0.255 e. The minimum absolute atomic E-state index is 0.132. The molecule has 0 spiro atoms. The Hall–Kier alpha value is -4.32. The second-order valence-electron chi connectivity index (χ2n) is 9.84. The first-order valence-electron chi connectivity index (χ1n) is 11.6. The summed E-state index contributed by atoms with van der Waals surface area (Å²) in [4.78, 5) is 44.7. The Kier molecular flexibility index (Phi) is 5.57. The van der Waals surface area contributed by atoms with Gasteiger partial charge in [0.2, 0.25) is 5.78 Å². The monoisotopic (exact) mass is 519 g/mol. The van der Waals surface area contributed by atoms with Crippen LogP contribution in [0.25, 0.3) is 22.6 Å². The Morgan fingerprint density at radius 1 is 1.11 bits per heavy atom. The Bertz CT molecular complexity index is 1510. The van der Waals surface area contributed by atoms with Crippen molar-refractivity contribution in [3.8, 4) is 17.0 Å². The number of nitrogens with zero attached hydrogens (tertiary/aromatic N) is 2. The number of aliphatic hydroxyl groups is 4. The molecule has 3 aliphatic carbocycles. The van der Waals surface area contributed by atoms with Crippen molar-refractivity contribution in [2.75, 3.05) is 14.1 Å². The topological polar surface area (TPSA) is 195 Å². The zero-order valence-corrected chi connectivity index (χ0v) is 20.4. The molecule has 1 fully saturated rings. The van der Waals surface area contributed by atoms with Gasteiger partial charge in [0.15, 0.2) is 11.4 Å². The third-order valence-electron chi connectivity index (χ3n) is 7.68. The Labute approximate surface area is 216 Å². The highest BCUT2D eigenvalue weighted by Gasteiger charge is 2.68. The number of carbonyl (C=O) groups is 3. The normalized spacial score (nSPS) is 28.8. The standard InChI is InChI=1S/C27H25N3O8/c1-10-11-7-8-12(13-6-4-5-9-29-13)20(31)15(11)21(32)16-14(10)22(33)18-19(30(2)3)23(34)17(26(28)37)25(36)27(18,38)24(16)35/h4-9,14,18-19,22,31-33,36,38H,1H2,2-3H3,(H2,28,37)/t14-,18-,19+,22+,27+/m1/s1. The number of aromatic nitrogens is 1. The fourth-order valence-electron chi connectivity index (χ4n) is 5.98. The van der Waals surface area contributed by atoms with Crippen LogP contribution in [0.2, 0.25) is 0 Å². The van der Waals surface area contributed by atoms with Crippen molar-refractivity contribution in [2.24, 2.45) is 17.6 Å². The molecule has 11 nitrogen and oxygen atoms in total. The van der Waals surface area contributed by atoms with E-state index in [2.05, 4.69) is 11.6 Å². The molecule has 1 heterocycles. The van der Waals surface area contributed by atoms with Crippen molar-refractivity contribution in [3.63, 3.8) is 0 Å². The molecule has 0 radical (unpaired) electrons. The van der Waals surface area contributed by atoms with E-state index in [4.69, 9.17) is 5.73 Å². The maximum absolute atomic E-state index is 14.0. The predicted octanol–water partition coefficient (Wildman–Crippen LogP) is 0.467. The highest BCUT2D eigenvalue weighted by Crippen LogP contribution is 2.56. The summed E-state index contributed by atoms with van der Waals surface area (Å²) in [6, 6.07) is 6.67. The van der Waals surface area contributed by atoms with E-state index in [9.17, 15) is 39.9 Å². The van der Waals surface area contributed by atoms with Crippen LogP contribution in [0.1, 0.15) is 11.1 Å². The van der Waals surface area contributed by atoms with Gasteiger partial charge in [0.1, 0.15) is 22.8 Å². The summed E-state index contributed by atoms with van der Waals surface area (Å²) in [6.07, 6.45) is -0.226. The third-order valence-corrected chi connectivity index (χ3v) is 7.68. The van der Waals surface area contributed by atoms with E-state index in [1.165, 1.54) is 25.2 Å². The van der Waals surface area contributed by atoms with Crippen molar-refractivity contribution in [2.45, 2.75) is 17.7 Å². The Morgan fingerprint density at radius 3 is 2.34 bits per heavy atom. The quantitative estimate of drug-likeness (QED) is 0.310. The first kappa shape index (κ1) is 25.3. The number of pyridine rings is 1. The number of Topliss-reactive ketones (excluding diaryl/α,β-unsaturated/α-hetero) is 2. The fourth-order valence-corrected chi connectivity index (χ4v) is 5.98. The first-order chi connectivity index (χ1) is 17.8. The molecule has 1 saturated carbocycles. The summed E-state index contributed by atoms with van der Waals surface area (Å²) >= 11 is 0.